The van der Waals surface area contributed by atoms with E-state index in [0.29, 0.717) is 12.1 Å². The lowest BCUT2D eigenvalue weighted by atomic mass is 10.1. The number of aryl methyl sites for hydroxylation is 1. The summed E-state index contributed by atoms with van der Waals surface area (Å²) in [5.41, 5.74) is 3.61. The number of amides is 1. The van der Waals surface area contributed by atoms with Crippen LogP contribution in [0.5, 0.6) is 0 Å². The van der Waals surface area contributed by atoms with E-state index in [1.165, 1.54) is 0 Å². The Morgan fingerprint density at radius 3 is 2.40 bits per heavy atom. The zero-order chi connectivity index (χ0) is 14.5. The van der Waals surface area contributed by atoms with Gasteiger partial charge in [-0.05, 0) is 37.6 Å². The molecule has 0 unspecified atom stereocenters. The minimum Gasteiger partial charge on any atom is -0.387 e. The van der Waals surface area contributed by atoms with Crippen molar-refractivity contribution in [2.24, 2.45) is 0 Å². The van der Waals surface area contributed by atoms with Crippen molar-refractivity contribution in [3.8, 4) is 0 Å². The van der Waals surface area contributed by atoms with Crippen molar-refractivity contribution in [1.29, 1.82) is 0 Å². The Balaban J connectivity index is 2.42. The lowest BCUT2D eigenvalue weighted by molar-refractivity contribution is 0.0989. The molecule has 2 aromatic carbocycles. The minimum atomic E-state index is 0.0201. The first-order chi connectivity index (χ1) is 9.69. The van der Waals surface area contributed by atoms with Gasteiger partial charge < -0.3 is 10.2 Å². The Morgan fingerprint density at radius 2 is 1.75 bits per heavy atom. The number of anilines is 2. The van der Waals surface area contributed by atoms with Crippen LogP contribution in [-0.4, -0.2) is 19.5 Å². The predicted molar refractivity (Wildman–Crippen MR) is 84.5 cm³/mol. The Morgan fingerprint density at radius 1 is 1.10 bits per heavy atom. The maximum absolute atomic E-state index is 12.8. The molecule has 0 aromatic heterocycles. The third-order valence-electron chi connectivity index (χ3n) is 3.39. The molecule has 0 spiro atoms. The summed E-state index contributed by atoms with van der Waals surface area (Å²) in [6.07, 6.45) is 0. The Labute approximate surface area is 120 Å². The number of benzene rings is 2. The highest BCUT2D eigenvalue weighted by molar-refractivity contribution is 6.09. The van der Waals surface area contributed by atoms with Gasteiger partial charge in [-0.1, -0.05) is 30.3 Å². The normalized spacial score (nSPS) is 10.2. The van der Waals surface area contributed by atoms with E-state index in [2.05, 4.69) is 5.32 Å². The largest absolute Gasteiger partial charge is 0.387 e. The topological polar surface area (TPSA) is 32.3 Å². The van der Waals surface area contributed by atoms with Crippen molar-refractivity contribution in [3.63, 3.8) is 0 Å². The van der Waals surface area contributed by atoms with E-state index >= 15 is 0 Å². The number of hydrogen-bond acceptors (Lipinski definition) is 2. The molecule has 0 atom stereocenters. The summed E-state index contributed by atoms with van der Waals surface area (Å²) in [6.45, 7) is 4.66. The molecule has 1 N–H and O–H groups in total. The summed E-state index contributed by atoms with van der Waals surface area (Å²) in [5.74, 6) is 0.0201. The van der Waals surface area contributed by atoms with Crippen molar-refractivity contribution < 1.29 is 4.79 Å². The molecule has 0 bridgehead atoms. The fourth-order valence-corrected chi connectivity index (χ4v) is 2.32. The van der Waals surface area contributed by atoms with Gasteiger partial charge in [0, 0.05) is 25.0 Å². The zero-order valence-electron chi connectivity index (χ0n) is 12.2. The molecular weight excluding hydrogens is 248 g/mol. The molecule has 0 radical (unpaired) electrons. The lowest BCUT2D eigenvalue weighted by Crippen LogP contribution is -2.31. The highest BCUT2D eigenvalue weighted by atomic mass is 16.2. The van der Waals surface area contributed by atoms with Gasteiger partial charge in [-0.3, -0.25) is 4.79 Å². The van der Waals surface area contributed by atoms with E-state index in [4.69, 9.17) is 0 Å². The highest BCUT2D eigenvalue weighted by Gasteiger charge is 2.19. The van der Waals surface area contributed by atoms with Gasteiger partial charge in [0.15, 0.2) is 0 Å². The predicted octanol–water partition coefficient (Wildman–Crippen LogP) is 3.70. The molecular formula is C17H20N2O. The molecule has 2 aromatic rings. The molecule has 1 amide bonds. The van der Waals surface area contributed by atoms with Gasteiger partial charge in [-0.15, -0.1) is 0 Å². The third-order valence-corrected chi connectivity index (χ3v) is 3.39. The fraction of sp³-hybridized carbons (Fsp3) is 0.235. The number of nitrogens with zero attached hydrogens (tertiary/aromatic N) is 1. The molecule has 0 aliphatic heterocycles. The van der Waals surface area contributed by atoms with E-state index in [1.54, 1.807) is 0 Å². The highest BCUT2D eigenvalue weighted by Crippen LogP contribution is 2.24. The molecule has 20 heavy (non-hydrogen) atoms. The van der Waals surface area contributed by atoms with Gasteiger partial charge in [0.25, 0.3) is 5.91 Å². The second-order valence-corrected chi connectivity index (χ2v) is 4.63. The molecule has 104 valence electrons. The van der Waals surface area contributed by atoms with Crippen molar-refractivity contribution in [3.05, 3.63) is 59.7 Å². The van der Waals surface area contributed by atoms with Gasteiger partial charge in [-0.25, -0.2) is 0 Å². The van der Waals surface area contributed by atoms with Crippen LogP contribution in [-0.2, 0) is 0 Å². The Kier molecular flexibility index (Phi) is 4.41. The van der Waals surface area contributed by atoms with E-state index in [0.717, 1.165) is 16.9 Å². The van der Waals surface area contributed by atoms with Crippen LogP contribution in [0.1, 0.15) is 22.8 Å². The first kappa shape index (κ1) is 14.1. The first-order valence-corrected chi connectivity index (χ1v) is 6.83. The number of carbonyl (C=O) groups excluding carboxylic acids is 1. The summed E-state index contributed by atoms with van der Waals surface area (Å²) in [5, 5.41) is 3.07. The van der Waals surface area contributed by atoms with Crippen LogP contribution < -0.4 is 10.2 Å². The number of carbonyl (C=O) groups is 1. The van der Waals surface area contributed by atoms with Gasteiger partial charge >= 0.3 is 0 Å². The number of nitrogens with one attached hydrogen (secondary N) is 1. The van der Waals surface area contributed by atoms with Crippen molar-refractivity contribution in [2.45, 2.75) is 13.8 Å². The number of rotatable bonds is 4. The van der Waals surface area contributed by atoms with Crippen LogP contribution in [0, 0.1) is 6.92 Å². The van der Waals surface area contributed by atoms with Gasteiger partial charge in [0.2, 0.25) is 0 Å². The van der Waals surface area contributed by atoms with E-state index in [9.17, 15) is 4.79 Å². The smallest absolute Gasteiger partial charge is 0.260 e. The van der Waals surface area contributed by atoms with Crippen LogP contribution in [0.3, 0.4) is 0 Å². The Bertz CT molecular complexity index is 607. The zero-order valence-corrected chi connectivity index (χ0v) is 12.2. The third kappa shape index (κ3) is 2.67. The second kappa shape index (κ2) is 6.24. The van der Waals surface area contributed by atoms with Gasteiger partial charge in [-0.2, -0.15) is 0 Å². The molecule has 0 saturated carbocycles. The van der Waals surface area contributed by atoms with Crippen LogP contribution in [0.4, 0.5) is 11.4 Å². The molecule has 0 saturated heterocycles. The van der Waals surface area contributed by atoms with Crippen LogP contribution in [0.2, 0.25) is 0 Å². The van der Waals surface area contributed by atoms with Gasteiger partial charge in [0.05, 0.1) is 5.56 Å². The maximum atomic E-state index is 12.8. The molecule has 2 rings (SSSR count). The Hall–Kier alpha value is -2.29. The second-order valence-electron chi connectivity index (χ2n) is 4.63. The van der Waals surface area contributed by atoms with Crippen molar-refractivity contribution in [2.75, 3.05) is 23.8 Å². The molecule has 0 heterocycles. The van der Waals surface area contributed by atoms with E-state index in [1.807, 2.05) is 74.3 Å². The standard InChI is InChI=1S/C17H20N2O/c1-4-19(16-12-8-5-9-13(16)2)17(20)14-10-6-7-11-15(14)18-3/h5-12,18H,4H2,1-3H3. The summed E-state index contributed by atoms with van der Waals surface area (Å²) in [6, 6.07) is 15.5. The van der Waals surface area contributed by atoms with E-state index < -0.39 is 0 Å². The summed E-state index contributed by atoms with van der Waals surface area (Å²) >= 11 is 0. The average Bonchev–Trinajstić information content (AvgIpc) is 2.49. The maximum Gasteiger partial charge on any atom is 0.260 e. The molecule has 0 aliphatic carbocycles. The average molecular weight is 268 g/mol. The number of hydrogen-bond donors (Lipinski definition) is 1. The van der Waals surface area contributed by atoms with Crippen LogP contribution in [0.15, 0.2) is 48.5 Å². The monoisotopic (exact) mass is 268 g/mol. The minimum absolute atomic E-state index is 0.0201. The first-order valence-electron chi connectivity index (χ1n) is 6.83. The van der Waals surface area contributed by atoms with Crippen LogP contribution in [0.25, 0.3) is 0 Å². The summed E-state index contributed by atoms with van der Waals surface area (Å²) in [7, 11) is 1.83. The number of para-hydroxylation sites is 2. The summed E-state index contributed by atoms with van der Waals surface area (Å²) in [4.78, 5) is 14.6. The molecule has 0 aliphatic rings. The lowest BCUT2D eigenvalue weighted by Gasteiger charge is -2.24. The summed E-state index contributed by atoms with van der Waals surface area (Å²) < 4.78 is 0. The fourth-order valence-electron chi connectivity index (χ4n) is 2.32. The molecule has 3 nitrogen and oxygen atoms in total. The van der Waals surface area contributed by atoms with E-state index in [-0.39, 0.29) is 5.91 Å². The van der Waals surface area contributed by atoms with Crippen molar-refractivity contribution in [1.82, 2.24) is 0 Å². The SMILES string of the molecule is CCN(C(=O)c1ccccc1NC)c1ccccc1C. The molecule has 3 heteroatoms. The molecule has 0 fully saturated rings. The van der Waals surface area contributed by atoms with Gasteiger partial charge in [0.1, 0.15) is 0 Å². The van der Waals surface area contributed by atoms with Crippen LogP contribution >= 0.6 is 0 Å². The quantitative estimate of drug-likeness (QED) is 0.917. The van der Waals surface area contributed by atoms with Crippen molar-refractivity contribution >= 4 is 17.3 Å².